The minimum Gasteiger partial charge on any atom is -0.350 e. The van der Waals surface area contributed by atoms with Gasteiger partial charge >= 0.3 is 0 Å². The van der Waals surface area contributed by atoms with Crippen LogP contribution in [0.1, 0.15) is 25.0 Å². The predicted molar refractivity (Wildman–Crippen MR) is 104 cm³/mol. The van der Waals surface area contributed by atoms with Crippen LogP contribution in [0.25, 0.3) is 0 Å². The van der Waals surface area contributed by atoms with Gasteiger partial charge in [-0.2, -0.15) is 4.31 Å². The van der Waals surface area contributed by atoms with Gasteiger partial charge in [0.2, 0.25) is 15.9 Å². The molecule has 0 bridgehead atoms. The molecule has 0 fully saturated rings. The van der Waals surface area contributed by atoms with Crippen molar-refractivity contribution in [1.82, 2.24) is 14.2 Å². The molecule has 1 aromatic heterocycles. The number of aromatic nitrogens is 1. The summed E-state index contributed by atoms with van der Waals surface area (Å²) in [6.07, 6.45) is 1.22. The van der Waals surface area contributed by atoms with Crippen molar-refractivity contribution < 1.29 is 13.2 Å². The largest absolute Gasteiger partial charge is 0.350 e. The maximum Gasteiger partial charge on any atom is 0.251 e. The molecule has 27 heavy (non-hydrogen) atoms. The molecule has 1 aromatic carbocycles. The Labute approximate surface area is 159 Å². The molecule has 0 saturated heterocycles. The average Bonchev–Trinajstić information content (AvgIpc) is 2.63. The molecule has 0 aliphatic carbocycles. The van der Waals surface area contributed by atoms with Crippen LogP contribution in [0.15, 0.2) is 52.3 Å². The molecular weight excluding hydrogens is 366 g/mol. The highest BCUT2D eigenvalue weighted by molar-refractivity contribution is 7.89. The van der Waals surface area contributed by atoms with Gasteiger partial charge in [-0.25, -0.2) is 8.42 Å². The smallest absolute Gasteiger partial charge is 0.251 e. The number of amides is 1. The number of pyridine rings is 1. The van der Waals surface area contributed by atoms with Crippen LogP contribution in [0.4, 0.5) is 0 Å². The second-order valence-corrected chi connectivity index (χ2v) is 8.12. The van der Waals surface area contributed by atoms with E-state index in [1.165, 1.54) is 22.6 Å². The van der Waals surface area contributed by atoms with E-state index in [0.29, 0.717) is 19.6 Å². The zero-order chi connectivity index (χ0) is 20.0. The summed E-state index contributed by atoms with van der Waals surface area (Å²) in [5, 5.41) is 2.74. The molecule has 0 saturated carbocycles. The summed E-state index contributed by atoms with van der Waals surface area (Å²) in [7, 11) is -3.69. The van der Waals surface area contributed by atoms with Crippen LogP contribution in [-0.4, -0.2) is 36.3 Å². The van der Waals surface area contributed by atoms with Crippen molar-refractivity contribution in [3.8, 4) is 0 Å². The molecule has 0 aliphatic heterocycles. The van der Waals surface area contributed by atoms with Crippen LogP contribution in [0.2, 0.25) is 0 Å². The Morgan fingerprint density at radius 2 is 1.70 bits per heavy atom. The predicted octanol–water partition coefficient (Wildman–Crippen LogP) is 1.50. The average molecular weight is 391 g/mol. The fourth-order valence-corrected chi connectivity index (χ4v) is 4.09. The Bertz CT molecular complexity index is 946. The Balaban J connectivity index is 2.13. The minimum atomic E-state index is -3.69. The summed E-state index contributed by atoms with van der Waals surface area (Å²) in [5.74, 6) is -0.366. The first-order valence-electron chi connectivity index (χ1n) is 8.80. The molecule has 1 N–H and O–H groups in total. The number of nitrogens with one attached hydrogen (secondary N) is 1. The highest BCUT2D eigenvalue weighted by Gasteiger charge is 2.22. The molecule has 0 unspecified atom stereocenters. The third-order valence-corrected chi connectivity index (χ3v) is 6.26. The highest BCUT2D eigenvalue weighted by Crippen LogP contribution is 2.13. The Morgan fingerprint density at radius 3 is 2.30 bits per heavy atom. The lowest BCUT2D eigenvalue weighted by Gasteiger charge is -2.19. The van der Waals surface area contributed by atoms with E-state index in [1.807, 2.05) is 31.2 Å². The summed E-state index contributed by atoms with van der Waals surface area (Å²) >= 11 is 0. The summed E-state index contributed by atoms with van der Waals surface area (Å²) < 4.78 is 27.6. The van der Waals surface area contributed by atoms with Gasteiger partial charge in [0.15, 0.2) is 0 Å². The molecule has 2 rings (SSSR count). The number of carbonyl (C=O) groups excluding carboxylic acids is 1. The van der Waals surface area contributed by atoms with E-state index in [9.17, 15) is 18.0 Å². The molecule has 2 aromatic rings. The molecule has 7 nitrogen and oxygen atoms in total. The van der Waals surface area contributed by atoms with E-state index < -0.39 is 15.6 Å². The monoisotopic (exact) mass is 391 g/mol. The van der Waals surface area contributed by atoms with Crippen LogP contribution in [0.5, 0.6) is 0 Å². The Kier molecular flexibility index (Phi) is 6.92. The van der Waals surface area contributed by atoms with Crippen LogP contribution >= 0.6 is 0 Å². The van der Waals surface area contributed by atoms with Crippen LogP contribution in [-0.2, 0) is 27.9 Å². The van der Waals surface area contributed by atoms with Crippen LogP contribution in [0.3, 0.4) is 0 Å². The third-order valence-electron chi connectivity index (χ3n) is 4.22. The second kappa shape index (κ2) is 8.96. The van der Waals surface area contributed by atoms with E-state index in [0.717, 1.165) is 15.7 Å². The number of hydrogen-bond acceptors (Lipinski definition) is 4. The normalized spacial score (nSPS) is 11.6. The van der Waals surface area contributed by atoms with Gasteiger partial charge in [0.25, 0.3) is 5.56 Å². The second-order valence-electron chi connectivity index (χ2n) is 6.18. The first-order chi connectivity index (χ1) is 12.8. The quantitative estimate of drug-likeness (QED) is 0.739. The third kappa shape index (κ3) is 5.27. The summed E-state index contributed by atoms with van der Waals surface area (Å²) in [6.45, 7) is 6.22. The Hall–Kier alpha value is -2.45. The van der Waals surface area contributed by atoms with Crippen molar-refractivity contribution in [2.45, 2.75) is 38.8 Å². The standard InChI is InChI=1S/C19H25N3O4S/c1-4-22(5-2)27(25,26)17-10-11-19(24)21(13-17)14-18(23)20-12-16-8-6-15(3)7-9-16/h6-11,13H,4-5,12,14H2,1-3H3,(H,20,23). The van der Waals surface area contributed by atoms with Gasteiger partial charge in [-0.1, -0.05) is 43.7 Å². The number of nitrogens with zero attached hydrogens (tertiary/aromatic N) is 2. The molecule has 8 heteroatoms. The number of benzene rings is 1. The van der Waals surface area contributed by atoms with E-state index >= 15 is 0 Å². The summed E-state index contributed by atoms with van der Waals surface area (Å²) in [4.78, 5) is 24.2. The molecule has 0 aliphatic rings. The highest BCUT2D eigenvalue weighted by atomic mass is 32.2. The first-order valence-corrected chi connectivity index (χ1v) is 10.2. The van der Waals surface area contributed by atoms with E-state index in [4.69, 9.17) is 0 Å². The van der Waals surface area contributed by atoms with Gasteiger partial charge in [0.05, 0.1) is 4.90 Å². The molecule has 1 heterocycles. The van der Waals surface area contributed by atoms with E-state index in [-0.39, 0.29) is 17.3 Å². The van der Waals surface area contributed by atoms with Gasteiger partial charge in [0.1, 0.15) is 6.54 Å². The molecular formula is C19H25N3O4S. The molecule has 0 radical (unpaired) electrons. The van der Waals surface area contributed by atoms with Crippen molar-refractivity contribution in [2.24, 2.45) is 0 Å². The van der Waals surface area contributed by atoms with Gasteiger partial charge in [-0.05, 0) is 18.6 Å². The van der Waals surface area contributed by atoms with Gasteiger partial charge in [-0.3, -0.25) is 9.59 Å². The molecule has 0 atom stereocenters. The van der Waals surface area contributed by atoms with Crippen LogP contribution < -0.4 is 10.9 Å². The van der Waals surface area contributed by atoms with Gasteiger partial charge in [0, 0.05) is 31.9 Å². The molecule has 1 amide bonds. The van der Waals surface area contributed by atoms with E-state index in [2.05, 4.69) is 5.32 Å². The number of rotatable bonds is 8. The number of aryl methyl sites for hydroxylation is 1. The minimum absolute atomic E-state index is 0.00265. The van der Waals surface area contributed by atoms with Gasteiger partial charge in [-0.15, -0.1) is 0 Å². The van der Waals surface area contributed by atoms with Crippen LogP contribution in [0, 0.1) is 6.92 Å². The fourth-order valence-electron chi connectivity index (χ4n) is 2.62. The number of carbonyl (C=O) groups is 1. The number of hydrogen-bond donors (Lipinski definition) is 1. The van der Waals surface area contributed by atoms with Crippen molar-refractivity contribution in [3.63, 3.8) is 0 Å². The Morgan fingerprint density at radius 1 is 1.07 bits per heavy atom. The first kappa shape index (κ1) is 20.9. The maximum absolute atomic E-state index is 12.6. The lowest BCUT2D eigenvalue weighted by molar-refractivity contribution is -0.121. The lowest BCUT2D eigenvalue weighted by atomic mass is 10.1. The molecule has 0 spiro atoms. The number of sulfonamides is 1. The molecule has 146 valence electrons. The SMILES string of the molecule is CCN(CC)S(=O)(=O)c1ccc(=O)n(CC(=O)NCc2ccc(C)cc2)c1. The van der Waals surface area contributed by atoms with Crippen molar-refractivity contribution in [3.05, 3.63) is 64.1 Å². The summed E-state index contributed by atoms with van der Waals surface area (Å²) in [5.41, 5.74) is 1.64. The summed E-state index contributed by atoms with van der Waals surface area (Å²) in [6, 6.07) is 10.2. The van der Waals surface area contributed by atoms with Gasteiger partial charge < -0.3 is 9.88 Å². The maximum atomic E-state index is 12.6. The lowest BCUT2D eigenvalue weighted by Crippen LogP contribution is -2.34. The van der Waals surface area contributed by atoms with Crippen molar-refractivity contribution in [2.75, 3.05) is 13.1 Å². The zero-order valence-corrected chi connectivity index (χ0v) is 16.6. The van der Waals surface area contributed by atoms with E-state index in [1.54, 1.807) is 13.8 Å². The zero-order valence-electron chi connectivity index (χ0n) is 15.8. The van der Waals surface area contributed by atoms with Crippen molar-refractivity contribution >= 4 is 15.9 Å². The topological polar surface area (TPSA) is 88.5 Å². The van der Waals surface area contributed by atoms with Crippen molar-refractivity contribution in [1.29, 1.82) is 0 Å². The fraction of sp³-hybridized carbons (Fsp3) is 0.368.